The van der Waals surface area contributed by atoms with E-state index in [9.17, 15) is 14.4 Å². The van der Waals surface area contributed by atoms with E-state index in [1.54, 1.807) is 18.2 Å². The lowest BCUT2D eigenvalue weighted by atomic mass is 10.1. The number of rotatable bonds is 4. The molecule has 1 rings (SSSR count). The highest BCUT2D eigenvalue weighted by atomic mass is 16.5. The maximum atomic E-state index is 11.2. The van der Waals surface area contributed by atoms with E-state index in [4.69, 9.17) is 4.74 Å². The third kappa shape index (κ3) is 4.25. The number of hydrogen-bond acceptors (Lipinski definition) is 4. The zero-order chi connectivity index (χ0) is 13.5. The fraction of sp³-hybridized carbons (Fsp3) is 0.250. The second-order valence-electron chi connectivity index (χ2n) is 3.50. The quantitative estimate of drug-likeness (QED) is 0.771. The van der Waals surface area contributed by atoms with E-state index in [1.807, 2.05) is 0 Å². The summed E-state index contributed by atoms with van der Waals surface area (Å²) in [6, 6.07) is 5.87. The zero-order valence-corrected chi connectivity index (χ0v) is 10.1. The van der Waals surface area contributed by atoms with Crippen LogP contribution < -0.4 is 15.4 Å². The Morgan fingerprint density at radius 3 is 2.61 bits per heavy atom. The SMILES string of the molecule is CNC(=O)NC(=O)COc1cccc(C(C)=O)c1. The predicted octanol–water partition coefficient (Wildman–Crippen LogP) is 0.724. The van der Waals surface area contributed by atoms with Crippen LogP contribution in [0.1, 0.15) is 17.3 Å². The molecule has 1 aromatic carbocycles. The molecule has 0 unspecified atom stereocenters. The molecule has 0 aromatic heterocycles. The summed E-state index contributed by atoms with van der Waals surface area (Å²) in [5, 5.41) is 4.30. The smallest absolute Gasteiger partial charge is 0.321 e. The van der Waals surface area contributed by atoms with Gasteiger partial charge in [0.2, 0.25) is 0 Å². The van der Waals surface area contributed by atoms with E-state index in [-0.39, 0.29) is 12.4 Å². The van der Waals surface area contributed by atoms with Crippen molar-refractivity contribution >= 4 is 17.7 Å². The van der Waals surface area contributed by atoms with Gasteiger partial charge >= 0.3 is 6.03 Å². The molecule has 18 heavy (non-hydrogen) atoms. The number of imide groups is 1. The number of ether oxygens (including phenoxy) is 1. The van der Waals surface area contributed by atoms with Gasteiger partial charge in [0.25, 0.3) is 5.91 Å². The first-order chi connectivity index (χ1) is 8.52. The van der Waals surface area contributed by atoms with E-state index in [0.717, 1.165) is 0 Å². The number of Topliss-reactive ketones (excluding diaryl/α,β-unsaturated/α-hetero) is 1. The van der Waals surface area contributed by atoms with Crippen LogP contribution in [0.15, 0.2) is 24.3 Å². The van der Waals surface area contributed by atoms with E-state index in [0.29, 0.717) is 11.3 Å². The Labute approximate surface area is 104 Å². The van der Waals surface area contributed by atoms with E-state index >= 15 is 0 Å². The molecule has 96 valence electrons. The molecule has 0 bridgehead atoms. The summed E-state index contributed by atoms with van der Waals surface area (Å²) >= 11 is 0. The fourth-order valence-electron chi connectivity index (χ4n) is 1.18. The van der Waals surface area contributed by atoms with Gasteiger partial charge in [0.1, 0.15) is 5.75 Å². The van der Waals surface area contributed by atoms with E-state index in [1.165, 1.54) is 20.0 Å². The minimum Gasteiger partial charge on any atom is -0.484 e. The molecule has 6 heteroatoms. The number of carbonyl (C=O) groups is 3. The predicted molar refractivity (Wildman–Crippen MR) is 64.5 cm³/mol. The molecule has 0 atom stereocenters. The number of amides is 3. The minimum atomic E-state index is -0.596. The molecule has 0 radical (unpaired) electrons. The minimum absolute atomic E-state index is 0.0877. The molecule has 0 aliphatic heterocycles. The summed E-state index contributed by atoms with van der Waals surface area (Å²) in [7, 11) is 1.40. The number of hydrogen-bond donors (Lipinski definition) is 2. The Kier molecular flexibility index (Phi) is 4.86. The third-order valence-electron chi connectivity index (χ3n) is 2.09. The Balaban J connectivity index is 2.53. The van der Waals surface area contributed by atoms with Crippen LogP contribution >= 0.6 is 0 Å². The van der Waals surface area contributed by atoms with Gasteiger partial charge in [0.15, 0.2) is 12.4 Å². The highest BCUT2D eigenvalue weighted by Crippen LogP contribution is 2.13. The van der Waals surface area contributed by atoms with Crippen molar-refractivity contribution < 1.29 is 19.1 Å². The highest BCUT2D eigenvalue weighted by molar-refractivity contribution is 5.95. The van der Waals surface area contributed by atoms with Gasteiger partial charge in [-0.05, 0) is 19.1 Å². The molecule has 0 spiro atoms. The molecule has 3 amide bonds. The largest absolute Gasteiger partial charge is 0.484 e. The van der Waals surface area contributed by atoms with Gasteiger partial charge in [0, 0.05) is 12.6 Å². The van der Waals surface area contributed by atoms with Gasteiger partial charge < -0.3 is 10.1 Å². The topological polar surface area (TPSA) is 84.5 Å². The van der Waals surface area contributed by atoms with Crippen LogP contribution in [0.5, 0.6) is 5.75 Å². The van der Waals surface area contributed by atoms with Gasteiger partial charge in [-0.25, -0.2) is 4.79 Å². The summed E-state index contributed by atoms with van der Waals surface area (Å²) in [5.74, 6) is -0.257. The van der Waals surface area contributed by atoms with Crippen LogP contribution in [0.2, 0.25) is 0 Å². The van der Waals surface area contributed by atoms with Gasteiger partial charge in [-0.2, -0.15) is 0 Å². The molecule has 0 heterocycles. The molecule has 0 aliphatic rings. The average Bonchev–Trinajstić information content (AvgIpc) is 2.36. The first-order valence-corrected chi connectivity index (χ1v) is 5.28. The average molecular weight is 250 g/mol. The molecular weight excluding hydrogens is 236 g/mol. The fourth-order valence-corrected chi connectivity index (χ4v) is 1.18. The Morgan fingerprint density at radius 2 is 2.00 bits per heavy atom. The van der Waals surface area contributed by atoms with Crippen molar-refractivity contribution in [1.82, 2.24) is 10.6 Å². The third-order valence-corrected chi connectivity index (χ3v) is 2.09. The molecule has 1 aromatic rings. The van der Waals surface area contributed by atoms with E-state index in [2.05, 4.69) is 10.6 Å². The number of carbonyl (C=O) groups excluding carboxylic acids is 3. The van der Waals surface area contributed by atoms with E-state index < -0.39 is 11.9 Å². The van der Waals surface area contributed by atoms with Gasteiger partial charge in [-0.3, -0.25) is 14.9 Å². The Hall–Kier alpha value is -2.37. The van der Waals surface area contributed by atoms with Gasteiger partial charge in [-0.1, -0.05) is 12.1 Å². The van der Waals surface area contributed by atoms with Crippen molar-refractivity contribution in [2.45, 2.75) is 6.92 Å². The zero-order valence-electron chi connectivity index (χ0n) is 10.1. The molecule has 0 fully saturated rings. The summed E-state index contributed by atoms with van der Waals surface area (Å²) < 4.78 is 5.16. The first-order valence-electron chi connectivity index (χ1n) is 5.28. The molecule has 2 N–H and O–H groups in total. The summed E-state index contributed by atoms with van der Waals surface area (Å²) in [6.45, 7) is 1.15. The van der Waals surface area contributed by atoms with Gasteiger partial charge in [0.05, 0.1) is 0 Å². The number of benzene rings is 1. The summed E-state index contributed by atoms with van der Waals surface area (Å²) in [4.78, 5) is 33.2. The Morgan fingerprint density at radius 1 is 1.28 bits per heavy atom. The molecule has 0 saturated heterocycles. The first kappa shape index (κ1) is 13.7. The van der Waals surface area contributed by atoms with Crippen molar-refractivity contribution in [2.75, 3.05) is 13.7 Å². The monoisotopic (exact) mass is 250 g/mol. The van der Waals surface area contributed by atoms with Crippen molar-refractivity contribution in [3.63, 3.8) is 0 Å². The molecule has 6 nitrogen and oxygen atoms in total. The van der Waals surface area contributed by atoms with Crippen molar-refractivity contribution in [3.05, 3.63) is 29.8 Å². The standard InChI is InChI=1S/C12H14N2O4/c1-8(15)9-4-3-5-10(6-9)18-7-11(16)14-12(17)13-2/h3-6H,7H2,1-2H3,(H2,13,14,16,17). The molecular formula is C12H14N2O4. The maximum Gasteiger partial charge on any atom is 0.321 e. The second-order valence-corrected chi connectivity index (χ2v) is 3.50. The number of urea groups is 1. The lowest BCUT2D eigenvalue weighted by Crippen LogP contribution is -2.39. The van der Waals surface area contributed by atoms with Crippen LogP contribution in [-0.2, 0) is 4.79 Å². The number of ketones is 1. The molecule has 0 aliphatic carbocycles. The Bertz CT molecular complexity index is 471. The number of nitrogens with one attached hydrogen (secondary N) is 2. The lowest BCUT2D eigenvalue weighted by Gasteiger charge is -2.07. The lowest BCUT2D eigenvalue weighted by molar-refractivity contribution is -0.122. The maximum absolute atomic E-state index is 11.2. The second kappa shape index (κ2) is 6.39. The van der Waals surface area contributed by atoms with Crippen molar-refractivity contribution in [1.29, 1.82) is 0 Å². The summed E-state index contributed by atoms with van der Waals surface area (Å²) in [6.07, 6.45) is 0. The van der Waals surface area contributed by atoms with Crippen LogP contribution in [0.3, 0.4) is 0 Å². The van der Waals surface area contributed by atoms with Crippen LogP contribution in [0.4, 0.5) is 4.79 Å². The van der Waals surface area contributed by atoms with Gasteiger partial charge in [-0.15, -0.1) is 0 Å². The molecule has 0 saturated carbocycles. The van der Waals surface area contributed by atoms with Crippen LogP contribution in [0.25, 0.3) is 0 Å². The van der Waals surface area contributed by atoms with Crippen molar-refractivity contribution in [3.8, 4) is 5.75 Å². The van der Waals surface area contributed by atoms with Crippen LogP contribution in [0, 0.1) is 0 Å². The highest BCUT2D eigenvalue weighted by Gasteiger charge is 2.07. The summed E-state index contributed by atoms with van der Waals surface area (Å²) in [5.41, 5.74) is 0.499. The van der Waals surface area contributed by atoms with Crippen LogP contribution in [-0.4, -0.2) is 31.4 Å². The van der Waals surface area contributed by atoms with Crippen molar-refractivity contribution in [2.24, 2.45) is 0 Å². The normalized spacial score (nSPS) is 9.44.